The molecule has 0 spiro atoms. The SMILES string of the molecule is Cc1ccc(C(=O)NC(C)(C)C(C)Br)c(Br)c1. The van der Waals surface area contributed by atoms with Gasteiger partial charge in [0.1, 0.15) is 0 Å². The summed E-state index contributed by atoms with van der Waals surface area (Å²) in [7, 11) is 0. The molecule has 0 aliphatic rings. The van der Waals surface area contributed by atoms with Crippen molar-refractivity contribution in [2.45, 2.75) is 38.1 Å². The average Bonchev–Trinajstić information content (AvgIpc) is 2.15. The highest BCUT2D eigenvalue weighted by molar-refractivity contribution is 9.10. The highest BCUT2D eigenvalue weighted by Crippen LogP contribution is 2.21. The Hall–Kier alpha value is -0.350. The molecule has 4 heteroatoms. The predicted molar refractivity (Wildman–Crippen MR) is 78.8 cm³/mol. The maximum atomic E-state index is 12.1. The summed E-state index contributed by atoms with van der Waals surface area (Å²) in [6, 6.07) is 5.72. The molecule has 0 aromatic heterocycles. The fourth-order valence-corrected chi connectivity index (χ4v) is 2.05. The lowest BCUT2D eigenvalue weighted by Gasteiger charge is -2.29. The lowest BCUT2D eigenvalue weighted by atomic mass is 10.0. The number of benzene rings is 1. The van der Waals surface area contributed by atoms with Crippen LogP contribution in [0.15, 0.2) is 22.7 Å². The van der Waals surface area contributed by atoms with Crippen LogP contribution >= 0.6 is 31.9 Å². The molecule has 0 aliphatic carbocycles. The number of aryl methyl sites for hydroxylation is 1. The lowest BCUT2D eigenvalue weighted by Crippen LogP contribution is -2.48. The molecule has 1 N–H and O–H groups in total. The topological polar surface area (TPSA) is 29.1 Å². The van der Waals surface area contributed by atoms with Gasteiger partial charge in [-0.1, -0.05) is 28.9 Å². The van der Waals surface area contributed by atoms with Crippen molar-refractivity contribution in [3.05, 3.63) is 33.8 Å². The minimum Gasteiger partial charge on any atom is -0.346 e. The van der Waals surface area contributed by atoms with Crippen LogP contribution in [0.3, 0.4) is 0 Å². The van der Waals surface area contributed by atoms with Gasteiger partial charge in [-0.3, -0.25) is 4.79 Å². The van der Waals surface area contributed by atoms with Crippen LogP contribution < -0.4 is 5.32 Å². The van der Waals surface area contributed by atoms with Crippen molar-refractivity contribution in [2.75, 3.05) is 0 Å². The third kappa shape index (κ3) is 3.81. The minimum atomic E-state index is -0.290. The molecule has 2 nitrogen and oxygen atoms in total. The molecular formula is C13H17Br2NO. The molecule has 1 amide bonds. The first-order valence-electron chi connectivity index (χ1n) is 5.47. The van der Waals surface area contributed by atoms with E-state index in [1.54, 1.807) is 0 Å². The zero-order valence-electron chi connectivity index (χ0n) is 10.5. The zero-order chi connectivity index (χ0) is 13.2. The van der Waals surface area contributed by atoms with Crippen LogP contribution in [-0.4, -0.2) is 16.3 Å². The molecule has 1 unspecified atom stereocenters. The van der Waals surface area contributed by atoms with Gasteiger partial charge in [-0.05, 0) is 54.4 Å². The number of halogens is 2. The van der Waals surface area contributed by atoms with Crippen molar-refractivity contribution in [1.29, 1.82) is 0 Å². The Morgan fingerprint density at radius 1 is 1.41 bits per heavy atom. The molecule has 1 aromatic carbocycles. The molecule has 94 valence electrons. The Balaban J connectivity index is 2.91. The molecule has 0 bridgehead atoms. The summed E-state index contributed by atoms with van der Waals surface area (Å²) in [6.07, 6.45) is 0. The van der Waals surface area contributed by atoms with Crippen molar-refractivity contribution in [1.82, 2.24) is 5.32 Å². The highest BCUT2D eigenvalue weighted by atomic mass is 79.9. The first-order valence-corrected chi connectivity index (χ1v) is 7.17. The molecule has 0 aliphatic heterocycles. The van der Waals surface area contributed by atoms with Gasteiger partial charge in [0, 0.05) is 14.8 Å². The van der Waals surface area contributed by atoms with Gasteiger partial charge in [-0.15, -0.1) is 0 Å². The maximum absolute atomic E-state index is 12.1. The first-order chi connectivity index (χ1) is 7.74. The van der Waals surface area contributed by atoms with Crippen molar-refractivity contribution in [3.63, 3.8) is 0 Å². The Kier molecular flexibility index (Phi) is 4.78. The zero-order valence-corrected chi connectivity index (χ0v) is 13.6. The molecule has 0 saturated carbocycles. The molecule has 1 atom stereocenters. The highest BCUT2D eigenvalue weighted by Gasteiger charge is 2.26. The van der Waals surface area contributed by atoms with Gasteiger partial charge in [0.05, 0.1) is 5.56 Å². The van der Waals surface area contributed by atoms with E-state index in [0.29, 0.717) is 5.56 Å². The van der Waals surface area contributed by atoms with E-state index >= 15 is 0 Å². The molecule has 1 rings (SSSR count). The fraction of sp³-hybridized carbons (Fsp3) is 0.462. The third-order valence-corrected chi connectivity index (χ3v) is 4.60. The Labute approximate surface area is 119 Å². The first kappa shape index (κ1) is 14.7. The van der Waals surface area contributed by atoms with Gasteiger partial charge in [-0.2, -0.15) is 0 Å². The maximum Gasteiger partial charge on any atom is 0.252 e. The van der Waals surface area contributed by atoms with E-state index in [4.69, 9.17) is 0 Å². The summed E-state index contributed by atoms with van der Waals surface area (Å²) in [4.78, 5) is 12.3. The van der Waals surface area contributed by atoms with Crippen molar-refractivity contribution in [3.8, 4) is 0 Å². The molecular weight excluding hydrogens is 346 g/mol. The monoisotopic (exact) mass is 361 g/mol. The molecule has 0 saturated heterocycles. The van der Waals surface area contributed by atoms with E-state index in [-0.39, 0.29) is 16.3 Å². The summed E-state index contributed by atoms with van der Waals surface area (Å²) in [5.41, 5.74) is 1.50. The van der Waals surface area contributed by atoms with Crippen LogP contribution in [0, 0.1) is 6.92 Å². The Morgan fingerprint density at radius 2 is 2.00 bits per heavy atom. The summed E-state index contributed by atoms with van der Waals surface area (Å²) in [5.74, 6) is -0.0619. The van der Waals surface area contributed by atoms with E-state index in [1.807, 2.05) is 45.9 Å². The number of hydrogen-bond donors (Lipinski definition) is 1. The number of carbonyl (C=O) groups excluding carboxylic acids is 1. The Morgan fingerprint density at radius 3 is 2.47 bits per heavy atom. The van der Waals surface area contributed by atoms with E-state index < -0.39 is 0 Å². The van der Waals surface area contributed by atoms with Crippen molar-refractivity contribution >= 4 is 37.8 Å². The van der Waals surface area contributed by atoms with Gasteiger partial charge >= 0.3 is 0 Å². The van der Waals surface area contributed by atoms with Crippen molar-refractivity contribution in [2.24, 2.45) is 0 Å². The second-order valence-electron chi connectivity index (χ2n) is 4.78. The van der Waals surface area contributed by atoms with Crippen LogP contribution in [0.25, 0.3) is 0 Å². The summed E-state index contributed by atoms with van der Waals surface area (Å²) < 4.78 is 0.827. The molecule has 0 radical (unpaired) electrons. The van der Waals surface area contributed by atoms with Crippen LogP contribution in [0.1, 0.15) is 36.7 Å². The van der Waals surface area contributed by atoms with E-state index in [2.05, 4.69) is 37.2 Å². The molecule has 1 aromatic rings. The Bertz CT molecular complexity index is 427. The average molecular weight is 363 g/mol. The second-order valence-corrected chi connectivity index (χ2v) is 7.00. The van der Waals surface area contributed by atoms with Crippen LogP contribution in [-0.2, 0) is 0 Å². The van der Waals surface area contributed by atoms with Gasteiger partial charge in [0.2, 0.25) is 0 Å². The van der Waals surface area contributed by atoms with E-state index in [0.717, 1.165) is 10.0 Å². The third-order valence-electron chi connectivity index (χ3n) is 2.80. The van der Waals surface area contributed by atoms with Gasteiger partial charge in [-0.25, -0.2) is 0 Å². The van der Waals surface area contributed by atoms with Crippen LogP contribution in [0.2, 0.25) is 0 Å². The number of amides is 1. The minimum absolute atomic E-state index is 0.0619. The number of carbonyl (C=O) groups is 1. The molecule has 0 heterocycles. The van der Waals surface area contributed by atoms with Gasteiger partial charge < -0.3 is 5.32 Å². The standard InChI is InChI=1S/C13H17Br2NO/c1-8-5-6-10(11(15)7-8)12(17)16-13(3,4)9(2)14/h5-7,9H,1-4H3,(H,16,17). The second kappa shape index (κ2) is 5.53. The number of hydrogen-bond acceptors (Lipinski definition) is 1. The summed E-state index contributed by atoms with van der Waals surface area (Å²) >= 11 is 6.92. The van der Waals surface area contributed by atoms with Gasteiger partial charge in [0.15, 0.2) is 0 Å². The van der Waals surface area contributed by atoms with Gasteiger partial charge in [0.25, 0.3) is 5.91 Å². The van der Waals surface area contributed by atoms with E-state index in [1.165, 1.54) is 0 Å². The summed E-state index contributed by atoms with van der Waals surface area (Å²) in [5, 5.41) is 3.02. The number of nitrogens with one attached hydrogen (secondary N) is 1. The number of rotatable bonds is 3. The number of alkyl halides is 1. The van der Waals surface area contributed by atoms with E-state index in [9.17, 15) is 4.79 Å². The predicted octanol–water partition coefficient (Wildman–Crippen LogP) is 4.05. The lowest BCUT2D eigenvalue weighted by molar-refractivity contribution is 0.0913. The normalized spacial score (nSPS) is 13.3. The van der Waals surface area contributed by atoms with Crippen LogP contribution in [0.4, 0.5) is 0 Å². The molecule has 0 fully saturated rings. The molecule has 17 heavy (non-hydrogen) atoms. The quantitative estimate of drug-likeness (QED) is 0.807. The smallest absolute Gasteiger partial charge is 0.252 e. The van der Waals surface area contributed by atoms with Crippen LogP contribution in [0.5, 0.6) is 0 Å². The summed E-state index contributed by atoms with van der Waals surface area (Å²) in [6.45, 7) is 8.00. The largest absolute Gasteiger partial charge is 0.346 e. The van der Waals surface area contributed by atoms with Crippen molar-refractivity contribution < 1.29 is 4.79 Å². The fourth-order valence-electron chi connectivity index (χ4n) is 1.26.